The van der Waals surface area contributed by atoms with Gasteiger partial charge in [0.25, 0.3) is 0 Å². The zero-order valence-corrected chi connectivity index (χ0v) is 16.5. The number of benzene rings is 3. The Morgan fingerprint density at radius 3 is 2.59 bits per heavy atom. The number of sulfonamides is 1. The van der Waals surface area contributed by atoms with Crippen LogP contribution < -0.4 is 4.74 Å². The first-order valence-electron chi connectivity index (χ1n) is 9.63. The molecule has 0 amide bonds. The van der Waals surface area contributed by atoms with E-state index in [1.165, 1.54) is 4.31 Å². The Labute approximate surface area is 169 Å². The first-order valence-corrected chi connectivity index (χ1v) is 11.1. The van der Waals surface area contributed by atoms with Crippen LogP contribution in [0.4, 0.5) is 0 Å². The van der Waals surface area contributed by atoms with Crippen molar-refractivity contribution in [3.8, 4) is 5.75 Å². The first kappa shape index (κ1) is 18.1. The maximum Gasteiger partial charge on any atom is 0.246 e. The molecule has 1 aliphatic heterocycles. The largest absolute Gasteiger partial charge is 0.474 e. The van der Waals surface area contributed by atoms with Gasteiger partial charge in [0, 0.05) is 24.5 Å². The highest BCUT2D eigenvalue weighted by atomic mass is 32.2. The number of pyridine rings is 1. The Bertz CT molecular complexity index is 1300. The van der Waals surface area contributed by atoms with Crippen LogP contribution in [0.25, 0.3) is 21.7 Å². The number of ether oxygens (including phenoxy) is 1. The summed E-state index contributed by atoms with van der Waals surface area (Å²) in [6, 6.07) is 22.7. The molecule has 3 aromatic carbocycles. The second-order valence-corrected chi connectivity index (χ2v) is 9.09. The van der Waals surface area contributed by atoms with E-state index in [1.807, 2.05) is 54.6 Å². The monoisotopic (exact) mass is 404 g/mol. The van der Waals surface area contributed by atoms with Crippen molar-refractivity contribution in [1.29, 1.82) is 0 Å². The van der Waals surface area contributed by atoms with Crippen LogP contribution in [0, 0.1) is 0 Å². The highest BCUT2D eigenvalue weighted by molar-refractivity contribution is 7.89. The number of nitrogens with zero attached hydrogens (tertiary/aromatic N) is 2. The van der Waals surface area contributed by atoms with Crippen molar-refractivity contribution in [1.82, 2.24) is 9.29 Å². The van der Waals surface area contributed by atoms with Gasteiger partial charge in [-0.05, 0) is 47.5 Å². The molecule has 6 heteroatoms. The van der Waals surface area contributed by atoms with Gasteiger partial charge in [-0.2, -0.15) is 4.31 Å². The maximum absolute atomic E-state index is 13.3. The normalized spacial score (nSPS) is 17.7. The molecule has 4 aromatic rings. The lowest BCUT2D eigenvalue weighted by atomic mass is 10.1. The van der Waals surface area contributed by atoms with E-state index in [2.05, 4.69) is 4.98 Å². The quantitative estimate of drug-likeness (QED) is 0.500. The molecule has 0 aliphatic carbocycles. The van der Waals surface area contributed by atoms with Crippen LogP contribution in [-0.2, 0) is 10.0 Å². The zero-order chi connectivity index (χ0) is 19.8. The fourth-order valence-electron chi connectivity index (χ4n) is 3.84. The summed E-state index contributed by atoms with van der Waals surface area (Å²) < 4.78 is 34.2. The summed E-state index contributed by atoms with van der Waals surface area (Å²) in [6.45, 7) is 0.445. The zero-order valence-electron chi connectivity index (χ0n) is 15.7. The second-order valence-electron chi connectivity index (χ2n) is 7.20. The van der Waals surface area contributed by atoms with Crippen molar-refractivity contribution < 1.29 is 13.2 Å². The van der Waals surface area contributed by atoms with E-state index in [0.29, 0.717) is 24.2 Å². The van der Waals surface area contributed by atoms with Gasteiger partial charge in [0.15, 0.2) is 6.23 Å². The van der Waals surface area contributed by atoms with Crippen LogP contribution in [0.15, 0.2) is 83.9 Å². The summed E-state index contributed by atoms with van der Waals surface area (Å²) in [5.74, 6) is 0.677. The Hall–Kier alpha value is -2.96. The average Bonchev–Trinajstić information content (AvgIpc) is 3.22. The van der Waals surface area contributed by atoms with E-state index in [4.69, 9.17) is 4.74 Å². The predicted molar refractivity (Wildman–Crippen MR) is 113 cm³/mol. The van der Waals surface area contributed by atoms with Crippen LogP contribution in [0.3, 0.4) is 0 Å². The lowest BCUT2D eigenvalue weighted by Crippen LogP contribution is -2.38. The second kappa shape index (κ2) is 7.13. The third-order valence-electron chi connectivity index (χ3n) is 5.33. The van der Waals surface area contributed by atoms with E-state index in [9.17, 15) is 8.42 Å². The van der Waals surface area contributed by atoms with E-state index >= 15 is 0 Å². The van der Waals surface area contributed by atoms with Crippen molar-refractivity contribution in [3.05, 3.63) is 79.0 Å². The maximum atomic E-state index is 13.3. The van der Waals surface area contributed by atoms with Gasteiger partial charge in [-0.15, -0.1) is 0 Å². The Morgan fingerprint density at radius 2 is 1.69 bits per heavy atom. The molecule has 0 unspecified atom stereocenters. The van der Waals surface area contributed by atoms with Gasteiger partial charge in [0.2, 0.25) is 10.0 Å². The molecule has 1 aliphatic rings. The minimum atomic E-state index is -3.67. The number of rotatable bonds is 4. The van der Waals surface area contributed by atoms with Crippen molar-refractivity contribution in [2.45, 2.75) is 24.0 Å². The van der Waals surface area contributed by atoms with Crippen LogP contribution in [0.5, 0.6) is 5.75 Å². The van der Waals surface area contributed by atoms with Crippen molar-refractivity contribution in [2.75, 3.05) is 6.54 Å². The molecule has 0 N–H and O–H groups in total. The van der Waals surface area contributed by atoms with Crippen molar-refractivity contribution >= 4 is 31.7 Å². The molecule has 0 radical (unpaired) electrons. The first-order chi connectivity index (χ1) is 14.1. The van der Waals surface area contributed by atoms with E-state index in [0.717, 1.165) is 22.6 Å². The van der Waals surface area contributed by atoms with E-state index in [1.54, 1.807) is 24.4 Å². The summed E-state index contributed by atoms with van der Waals surface area (Å²) in [7, 11) is -3.67. The van der Waals surface area contributed by atoms with Gasteiger partial charge in [-0.3, -0.25) is 4.98 Å². The van der Waals surface area contributed by atoms with E-state index < -0.39 is 16.3 Å². The summed E-state index contributed by atoms with van der Waals surface area (Å²) in [5, 5.41) is 3.11. The smallest absolute Gasteiger partial charge is 0.246 e. The molecular formula is C23H20N2O3S. The van der Waals surface area contributed by atoms with Gasteiger partial charge < -0.3 is 4.74 Å². The molecule has 5 rings (SSSR count). The molecule has 29 heavy (non-hydrogen) atoms. The fourth-order valence-corrected chi connectivity index (χ4v) is 5.44. The van der Waals surface area contributed by atoms with Gasteiger partial charge >= 0.3 is 0 Å². The molecule has 146 valence electrons. The molecule has 0 bridgehead atoms. The average molecular weight is 404 g/mol. The molecule has 1 fully saturated rings. The molecule has 0 spiro atoms. The molecule has 1 aromatic heterocycles. The summed E-state index contributed by atoms with van der Waals surface area (Å²) >= 11 is 0. The third-order valence-corrected chi connectivity index (χ3v) is 7.21. The molecule has 1 atom stereocenters. The van der Waals surface area contributed by atoms with Gasteiger partial charge in [0.1, 0.15) is 5.75 Å². The predicted octanol–water partition coefficient (Wildman–Crippen LogP) is 4.58. The summed E-state index contributed by atoms with van der Waals surface area (Å²) in [4.78, 5) is 4.53. The van der Waals surface area contributed by atoms with Crippen LogP contribution in [-0.4, -0.2) is 30.5 Å². The standard InChI is InChI=1S/C23H20N2O3S/c26-29(27,21-12-10-18-7-3-13-24-22(18)16-21)25-14-4-8-23(25)28-20-11-9-17-5-1-2-6-19(17)15-20/h1-3,5-7,9-13,15-16,23H,4,8,14H2/t23-/m0/s1. The van der Waals surface area contributed by atoms with Crippen molar-refractivity contribution in [3.63, 3.8) is 0 Å². The Kier molecular flexibility index (Phi) is 4.45. The lowest BCUT2D eigenvalue weighted by molar-refractivity contribution is 0.120. The van der Waals surface area contributed by atoms with Gasteiger partial charge in [-0.1, -0.05) is 42.5 Å². The van der Waals surface area contributed by atoms with Crippen molar-refractivity contribution in [2.24, 2.45) is 0 Å². The van der Waals surface area contributed by atoms with Crippen LogP contribution >= 0.6 is 0 Å². The Morgan fingerprint density at radius 1 is 0.897 bits per heavy atom. The SMILES string of the molecule is O=S(=O)(c1ccc2cccnc2c1)N1CCC[C@@H]1Oc1ccc2ccccc2c1. The highest BCUT2D eigenvalue weighted by Crippen LogP contribution is 2.30. The Balaban J connectivity index is 1.45. The third kappa shape index (κ3) is 3.34. The van der Waals surface area contributed by atoms with Crippen LogP contribution in [0.2, 0.25) is 0 Å². The number of aromatic nitrogens is 1. The summed E-state index contributed by atoms with van der Waals surface area (Å²) in [6.07, 6.45) is 2.59. The fraction of sp³-hybridized carbons (Fsp3) is 0.174. The molecule has 1 saturated heterocycles. The van der Waals surface area contributed by atoms with E-state index in [-0.39, 0.29) is 4.90 Å². The topological polar surface area (TPSA) is 59.5 Å². The molecule has 5 nitrogen and oxygen atoms in total. The highest BCUT2D eigenvalue weighted by Gasteiger charge is 2.37. The van der Waals surface area contributed by atoms with Crippen LogP contribution in [0.1, 0.15) is 12.8 Å². The molecular weight excluding hydrogens is 384 g/mol. The lowest BCUT2D eigenvalue weighted by Gasteiger charge is -2.25. The number of fused-ring (bicyclic) bond motifs is 2. The summed E-state index contributed by atoms with van der Waals surface area (Å²) in [5.41, 5.74) is 0.666. The van der Waals surface area contributed by atoms with Gasteiger partial charge in [0.05, 0.1) is 10.4 Å². The molecule has 2 heterocycles. The van der Waals surface area contributed by atoms with Gasteiger partial charge in [-0.25, -0.2) is 8.42 Å². The minimum absolute atomic E-state index is 0.248. The minimum Gasteiger partial charge on any atom is -0.474 e. The molecule has 0 saturated carbocycles. The number of hydrogen-bond acceptors (Lipinski definition) is 4. The number of hydrogen-bond donors (Lipinski definition) is 0.